The number of hydrogen-bond acceptors (Lipinski definition) is 2. The maximum Gasteiger partial charge on any atom is 0.114 e. The van der Waals surface area contributed by atoms with E-state index in [0.717, 1.165) is 5.57 Å². The summed E-state index contributed by atoms with van der Waals surface area (Å²) in [6.45, 7) is 7.53. The van der Waals surface area contributed by atoms with Gasteiger partial charge in [-0.3, -0.25) is 0 Å². The fourth-order valence-corrected chi connectivity index (χ4v) is 0.874. The van der Waals surface area contributed by atoms with Gasteiger partial charge in [0, 0.05) is 12.0 Å². The quantitative estimate of drug-likeness (QED) is 0.324. The lowest BCUT2D eigenvalue weighted by molar-refractivity contribution is 0.159. The molecule has 92 valence electrons. The molecule has 0 heterocycles. The molecule has 0 fully saturated rings. The molecule has 0 bridgehead atoms. The van der Waals surface area contributed by atoms with Crippen LogP contribution < -0.4 is 0 Å². The molecule has 0 amide bonds. The molecule has 2 nitrogen and oxygen atoms in total. The molecule has 0 aromatic heterocycles. The zero-order valence-corrected chi connectivity index (χ0v) is 11.1. The first-order chi connectivity index (χ1) is 9.26. The Balaban J connectivity index is 5.27. The van der Waals surface area contributed by atoms with Gasteiger partial charge >= 0.3 is 0 Å². The molecule has 0 radical (unpaired) electrons. The summed E-state index contributed by atoms with van der Waals surface area (Å²) in [5.74, 6) is 12.6. The Morgan fingerprint density at radius 1 is 1.26 bits per heavy atom. The van der Waals surface area contributed by atoms with E-state index in [-0.39, 0.29) is 0 Å². The summed E-state index contributed by atoms with van der Waals surface area (Å²) in [6.07, 6.45) is 5.39. The van der Waals surface area contributed by atoms with Crippen LogP contribution in [0.5, 0.6) is 0 Å². The summed E-state index contributed by atoms with van der Waals surface area (Å²) in [4.78, 5) is 4.98. The third-order valence-corrected chi connectivity index (χ3v) is 1.68. The summed E-state index contributed by atoms with van der Waals surface area (Å²) in [7, 11) is 0. The molecule has 0 aromatic carbocycles. The van der Waals surface area contributed by atoms with Crippen molar-refractivity contribution in [2.45, 2.75) is 20.3 Å². The summed E-state index contributed by atoms with van der Waals surface area (Å²) in [5, 5.41) is 3.91. The van der Waals surface area contributed by atoms with Crippen molar-refractivity contribution in [2.24, 2.45) is 5.16 Å². The van der Waals surface area contributed by atoms with Gasteiger partial charge in [0.15, 0.2) is 0 Å². The Labute approximate surface area is 114 Å². The van der Waals surface area contributed by atoms with Crippen LogP contribution >= 0.6 is 0 Å². The Morgan fingerprint density at radius 3 is 2.68 bits per heavy atom. The van der Waals surface area contributed by atoms with Crippen LogP contribution in [0.3, 0.4) is 0 Å². The number of nitrogens with zero attached hydrogens (tertiary/aromatic N) is 1. The largest absolute Gasteiger partial charge is 0.396 e. The molecule has 0 rings (SSSR count). The standard InChI is InChI=1S/C17H13NO/c1-5-8-10-11-13-15-17(14-12-9-6-2)16(4)18-19-7-3/h1H,2,7,15H2,3-4H3/b18-16-. The minimum absolute atomic E-state index is 0.410. The number of terminal acetylenes is 1. The van der Waals surface area contributed by atoms with E-state index in [0.29, 0.717) is 18.7 Å². The second kappa shape index (κ2) is 11.5. The lowest BCUT2D eigenvalue weighted by Crippen LogP contribution is -1.97. The molecule has 19 heavy (non-hydrogen) atoms. The topological polar surface area (TPSA) is 21.6 Å². The molecule has 0 aromatic rings. The predicted octanol–water partition coefficient (Wildman–Crippen LogP) is 2.61. The normalized spacial score (nSPS) is 7.74. The maximum absolute atomic E-state index is 4.98. The second-order valence-electron chi connectivity index (χ2n) is 3.00. The average molecular weight is 247 g/mol. The third-order valence-electron chi connectivity index (χ3n) is 1.68. The van der Waals surface area contributed by atoms with Crippen molar-refractivity contribution in [2.75, 3.05) is 6.61 Å². The lowest BCUT2D eigenvalue weighted by atomic mass is 10.1. The van der Waals surface area contributed by atoms with Gasteiger partial charge in [0.2, 0.25) is 0 Å². The molecule has 0 N–H and O–H groups in total. The van der Waals surface area contributed by atoms with Crippen LogP contribution in [0.4, 0.5) is 0 Å². The Bertz CT molecular complexity index is 655. The van der Waals surface area contributed by atoms with E-state index >= 15 is 0 Å². The Kier molecular flexibility index (Phi) is 9.69. The minimum Gasteiger partial charge on any atom is -0.396 e. The zero-order valence-electron chi connectivity index (χ0n) is 11.1. The van der Waals surface area contributed by atoms with Crippen LogP contribution in [-0.2, 0) is 4.84 Å². The van der Waals surface area contributed by atoms with Crippen LogP contribution in [0, 0.1) is 36.0 Å². The molecule has 0 spiro atoms. The van der Waals surface area contributed by atoms with Crippen molar-refractivity contribution in [1.29, 1.82) is 0 Å². The summed E-state index contributed by atoms with van der Waals surface area (Å²) in [5.41, 5.74) is 11.9. The fourth-order valence-electron chi connectivity index (χ4n) is 0.874. The molecular weight excluding hydrogens is 234 g/mol. The van der Waals surface area contributed by atoms with E-state index < -0.39 is 0 Å². The highest BCUT2D eigenvalue weighted by Crippen LogP contribution is 2.02. The number of allylic oxidation sites excluding steroid dienone is 1. The molecule has 0 aliphatic heterocycles. The Morgan fingerprint density at radius 2 is 2.05 bits per heavy atom. The van der Waals surface area contributed by atoms with E-state index in [1.54, 1.807) is 6.92 Å². The fraction of sp³-hybridized carbons (Fsp3) is 0.235. The Hall–Kier alpha value is -2.99. The predicted molar refractivity (Wildman–Crippen MR) is 76.9 cm³/mol. The van der Waals surface area contributed by atoms with Crippen LogP contribution in [0.15, 0.2) is 40.2 Å². The van der Waals surface area contributed by atoms with E-state index in [4.69, 9.17) is 11.3 Å². The summed E-state index contributed by atoms with van der Waals surface area (Å²) < 4.78 is 0. The molecular formula is C17H13NO. The van der Waals surface area contributed by atoms with Crippen molar-refractivity contribution in [3.8, 4) is 36.0 Å². The van der Waals surface area contributed by atoms with Crippen LogP contribution in [0.2, 0.25) is 0 Å². The molecule has 0 aliphatic carbocycles. The summed E-state index contributed by atoms with van der Waals surface area (Å²) in [6, 6.07) is 0. The maximum atomic E-state index is 4.98. The molecule has 0 aliphatic rings. The van der Waals surface area contributed by atoms with E-state index in [2.05, 4.69) is 64.3 Å². The monoisotopic (exact) mass is 247 g/mol. The van der Waals surface area contributed by atoms with E-state index in [1.807, 2.05) is 6.92 Å². The van der Waals surface area contributed by atoms with Gasteiger partial charge in [-0.15, -0.1) is 6.42 Å². The average Bonchev–Trinajstić information content (AvgIpc) is 2.42. The molecule has 0 atom stereocenters. The smallest absolute Gasteiger partial charge is 0.114 e. The molecule has 0 unspecified atom stereocenters. The van der Waals surface area contributed by atoms with Gasteiger partial charge in [0.05, 0.1) is 5.71 Å². The van der Waals surface area contributed by atoms with Crippen LogP contribution in [0.25, 0.3) is 0 Å². The van der Waals surface area contributed by atoms with Crippen LogP contribution in [0.1, 0.15) is 20.3 Å². The van der Waals surface area contributed by atoms with Gasteiger partial charge in [0.25, 0.3) is 0 Å². The van der Waals surface area contributed by atoms with Gasteiger partial charge in [-0.1, -0.05) is 22.5 Å². The molecule has 0 saturated carbocycles. The van der Waals surface area contributed by atoms with Gasteiger partial charge in [-0.2, -0.15) is 0 Å². The highest BCUT2D eigenvalue weighted by molar-refractivity contribution is 5.98. The first-order valence-corrected chi connectivity index (χ1v) is 5.50. The van der Waals surface area contributed by atoms with Crippen molar-refractivity contribution < 1.29 is 4.84 Å². The van der Waals surface area contributed by atoms with E-state index in [9.17, 15) is 0 Å². The number of hydrogen-bond donors (Lipinski definition) is 0. The van der Waals surface area contributed by atoms with Crippen molar-refractivity contribution in [3.05, 3.63) is 35.1 Å². The minimum atomic E-state index is 0.410. The van der Waals surface area contributed by atoms with Gasteiger partial charge in [-0.25, -0.2) is 0 Å². The molecule has 0 saturated heterocycles. The van der Waals surface area contributed by atoms with Crippen molar-refractivity contribution >= 4 is 5.71 Å². The highest BCUT2D eigenvalue weighted by atomic mass is 16.6. The number of oxime groups is 1. The second-order valence-corrected chi connectivity index (χ2v) is 3.00. The van der Waals surface area contributed by atoms with Crippen molar-refractivity contribution in [1.82, 2.24) is 0 Å². The first kappa shape index (κ1) is 16.0. The number of rotatable bonds is 4. The zero-order chi connectivity index (χ0) is 14.3. The first-order valence-electron chi connectivity index (χ1n) is 5.50. The van der Waals surface area contributed by atoms with E-state index in [1.165, 1.54) is 0 Å². The van der Waals surface area contributed by atoms with Gasteiger partial charge in [-0.05, 0) is 55.6 Å². The van der Waals surface area contributed by atoms with Gasteiger partial charge in [0.1, 0.15) is 6.61 Å². The van der Waals surface area contributed by atoms with Crippen molar-refractivity contribution in [3.63, 3.8) is 0 Å². The molecule has 2 heteroatoms. The summed E-state index contributed by atoms with van der Waals surface area (Å²) >= 11 is 0. The highest BCUT2D eigenvalue weighted by Gasteiger charge is 1.99. The van der Waals surface area contributed by atoms with Crippen LogP contribution in [-0.4, -0.2) is 12.3 Å². The van der Waals surface area contributed by atoms with Gasteiger partial charge < -0.3 is 4.84 Å². The third kappa shape index (κ3) is 8.78. The SMILES string of the molecule is C#CC#CC#CCC(=C=C=C=C=C)/C(C)=N\OCC. The lowest BCUT2D eigenvalue weighted by Gasteiger charge is -1.98.